The largest absolute Gasteiger partial charge is 0.340 e. The molecule has 0 aliphatic heterocycles. The fraction of sp³-hybridized carbons (Fsp3) is 0. The summed E-state index contributed by atoms with van der Waals surface area (Å²) in [7, 11) is -3.75. The third kappa shape index (κ3) is 4.18. The molecule has 0 unspecified atom stereocenters. The summed E-state index contributed by atoms with van der Waals surface area (Å²) in [4.78, 5) is 4.40. The highest BCUT2D eigenvalue weighted by molar-refractivity contribution is 7.92. The highest BCUT2D eigenvalue weighted by Crippen LogP contribution is 2.23. The van der Waals surface area contributed by atoms with Crippen LogP contribution in [0.15, 0.2) is 90.0 Å². The van der Waals surface area contributed by atoms with Crippen molar-refractivity contribution in [3.63, 3.8) is 0 Å². The second kappa shape index (κ2) is 7.62. The third-order valence-electron chi connectivity index (χ3n) is 4.33. The number of sulfonamides is 1. The Kier molecular flexibility index (Phi) is 4.85. The molecule has 0 bridgehead atoms. The minimum atomic E-state index is -3.75. The molecular formula is C22H16N4O2S. The van der Waals surface area contributed by atoms with Crippen molar-refractivity contribution in [3.05, 3.63) is 90.6 Å². The van der Waals surface area contributed by atoms with Gasteiger partial charge in [-0.2, -0.15) is 5.26 Å². The molecule has 3 aromatic carbocycles. The van der Waals surface area contributed by atoms with E-state index in [0.717, 1.165) is 16.5 Å². The molecule has 0 saturated heterocycles. The average molecular weight is 400 g/mol. The molecule has 6 nitrogen and oxygen atoms in total. The summed E-state index contributed by atoms with van der Waals surface area (Å²) in [6, 6.07) is 24.8. The fourth-order valence-corrected chi connectivity index (χ4v) is 3.97. The van der Waals surface area contributed by atoms with Crippen molar-refractivity contribution in [1.82, 2.24) is 4.98 Å². The van der Waals surface area contributed by atoms with Crippen LogP contribution in [0, 0.1) is 11.3 Å². The first-order chi connectivity index (χ1) is 14.0. The van der Waals surface area contributed by atoms with Gasteiger partial charge in [0.15, 0.2) is 0 Å². The van der Waals surface area contributed by atoms with Crippen LogP contribution in [0.5, 0.6) is 0 Å². The Hall–Kier alpha value is -3.89. The first kappa shape index (κ1) is 18.5. The van der Waals surface area contributed by atoms with Crippen LogP contribution in [0.3, 0.4) is 0 Å². The number of hydrogen-bond donors (Lipinski definition) is 2. The van der Waals surface area contributed by atoms with Crippen LogP contribution >= 0.6 is 0 Å². The van der Waals surface area contributed by atoms with E-state index in [1.807, 2.05) is 24.3 Å². The number of fused-ring (bicyclic) bond motifs is 1. The second-order valence-electron chi connectivity index (χ2n) is 6.36. The van der Waals surface area contributed by atoms with Crippen LogP contribution in [0.25, 0.3) is 10.8 Å². The summed E-state index contributed by atoms with van der Waals surface area (Å²) in [5.74, 6) is 0.480. The van der Waals surface area contributed by atoms with Gasteiger partial charge in [0.05, 0.1) is 22.2 Å². The fourth-order valence-electron chi connectivity index (χ4n) is 2.89. The third-order valence-corrected chi connectivity index (χ3v) is 5.71. The van der Waals surface area contributed by atoms with Crippen LogP contribution in [-0.4, -0.2) is 13.4 Å². The molecule has 0 fully saturated rings. The SMILES string of the molecule is N#Cc1ccc(Nc2cc(NS(=O)(=O)c3ccc4ccccc4c3)ccn2)cc1. The van der Waals surface area contributed by atoms with Gasteiger partial charge >= 0.3 is 0 Å². The van der Waals surface area contributed by atoms with E-state index < -0.39 is 10.0 Å². The molecule has 29 heavy (non-hydrogen) atoms. The van der Waals surface area contributed by atoms with Gasteiger partial charge in [0.25, 0.3) is 10.0 Å². The Labute approximate surface area is 168 Å². The highest BCUT2D eigenvalue weighted by Gasteiger charge is 2.15. The van der Waals surface area contributed by atoms with E-state index in [2.05, 4.69) is 21.1 Å². The minimum Gasteiger partial charge on any atom is -0.340 e. The van der Waals surface area contributed by atoms with E-state index in [0.29, 0.717) is 17.1 Å². The van der Waals surface area contributed by atoms with E-state index >= 15 is 0 Å². The van der Waals surface area contributed by atoms with Gasteiger partial charge in [0.1, 0.15) is 5.82 Å². The molecule has 142 valence electrons. The molecule has 1 heterocycles. The van der Waals surface area contributed by atoms with Gasteiger partial charge in [-0.1, -0.05) is 30.3 Å². The zero-order chi connectivity index (χ0) is 20.3. The number of nitrogens with one attached hydrogen (secondary N) is 2. The zero-order valence-electron chi connectivity index (χ0n) is 15.2. The van der Waals surface area contributed by atoms with Gasteiger partial charge in [0, 0.05) is 18.0 Å². The van der Waals surface area contributed by atoms with E-state index in [1.54, 1.807) is 54.6 Å². The Morgan fingerprint density at radius 1 is 0.828 bits per heavy atom. The second-order valence-corrected chi connectivity index (χ2v) is 8.04. The smallest absolute Gasteiger partial charge is 0.261 e. The molecule has 0 saturated carbocycles. The van der Waals surface area contributed by atoms with Crippen LogP contribution in [0.2, 0.25) is 0 Å². The number of aromatic nitrogens is 1. The molecule has 4 rings (SSSR count). The van der Waals surface area contributed by atoms with Crippen molar-refractivity contribution in [1.29, 1.82) is 5.26 Å². The van der Waals surface area contributed by atoms with E-state index in [4.69, 9.17) is 5.26 Å². The number of benzene rings is 3. The molecule has 0 amide bonds. The summed E-state index contributed by atoms with van der Waals surface area (Å²) in [6.45, 7) is 0. The predicted molar refractivity (Wildman–Crippen MR) is 113 cm³/mol. The molecule has 0 radical (unpaired) electrons. The summed E-state index contributed by atoms with van der Waals surface area (Å²) >= 11 is 0. The number of rotatable bonds is 5. The first-order valence-electron chi connectivity index (χ1n) is 8.78. The van der Waals surface area contributed by atoms with Crippen LogP contribution in [0.4, 0.5) is 17.2 Å². The van der Waals surface area contributed by atoms with Crippen LogP contribution in [0.1, 0.15) is 5.56 Å². The molecule has 1 aromatic heterocycles. The van der Waals surface area contributed by atoms with Crippen molar-refractivity contribution in [2.75, 3.05) is 10.0 Å². The molecule has 2 N–H and O–H groups in total. The Bertz CT molecular complexity index is 1330. The van der Waals surface area contributed by atoms with Gasteiger partial charge in [0.2, 0.25) is 0 Å². The quantitative estimate of drug-likeness (QED) is 0.508. The molecule has 7 heteroatoms. The molecule has 0 atom stereocenters. The van der Waals surface area contributed by atoms with Crippen LogP contribution < -0.4 is 10.0 Å². The van der Waals surface area contributed by atoms with Crippen molar-refractivity contribution < 1.29 is 8.42 Å². The maximum Gasteiger partial charge on any atom is 0.261 e. The van der Waals surface area contributed by atoms with Crippen molar-refractivity contribution in [2.45, 2.75) is 4.90 Å². The Morgan fingerprint density at radius 3 is 2.34 bits per heavy atom. The standard InChI is InChI=1S/C22H16N4O2S/c23-15-16-5-8-19(9-6-16)25-22-14-20(11-12-24-22)26-29(27,28)21-10-7-17-3-1-2-4-18(17)13-21/h1-14H,(H2,24,25,26). The maximum atomic E-state index is 12.8. The van der Waals surface area contributed by atoms with Gasteiger partial charge in [-0.3, -0.25) is 4.72 Å². The molecule has 0 aliphatic rings. The van der Waals surface area contributed by atoms with Crippen molar-refractivity contribution in [3.8, 4) is 6.07 Å². The van der Waals surface area contributed by atoms with Gasteiger partial charge in [-0.25, -0.2) is 13.4 Å². The summed E-state index contributed by atoms with van der Waals surface area (Å²) in [6.07, 6.45) is 1.52. The Morgan fingerprint density at radius 2 is 1.59 bits per heavy atom. The van der Waals surface area contributed by atoms with E-state index in [-0.39, 0.29) is 4.90 Å². The summed E-state index contributed by atoms with van der Waals surface area (Å²) < 4.78 is 28.2. The zero-order valence-corrected chi connectivity index (χ0v) is 16.0. The lowest BCUT2D eigenvalue weighted by Gasteiger charge is -2.11. The number of anilines is 3. The van der Waals surface area contributed by atoms with Gasteiger partial charge < -0.3 is 5.32 Å². The number of pyridine rings is 1. The number of nitriles is 1. The van der Waals surface area contributed by atoms with Gasteiger partial charge in [-0.15, -0.1) is 0 Å². The van der Waals surface area contributed by atoms with Crippen molar-refractivity contribution in [2.24, 2.45) is 0 Å². The molecule has 0 aliphatic carbocycles. The predicted octanol–water partition coefficient (Wildman–Crippen LogP) is 4.65. The number of nitrogens with zero attached hydrogens (tertiary/aromatic N) is 2. The summed E-state index contributed by atoms with van der Waals surface area (Å²) in [5, 5.41) is 13.8. The monoisotopic (exact) mass is 400 g/mol. The van der Waals surface area contributed by atoms with Crippen LogP contribution in [-0.2, 0) is 10.0 Å². The lowest BCUT2D eigenvalue weighted by molar-refractivity contribution is 0.601. The molecule has 4 aromatic rings. The number of hydrogen-bond acceptors (Lipinski definition) is 5. The lowest BCUT2D eigenvalue weighted by Crippen LogP contribution is -2.13. The normalized spacial score (nSPS) is 11.0. The Balaban J connectivity index is 1.56. The molecular weight excluding hydrogens is 384 g/mol. The van der Waals surface area contributed by atoms with Crippen molar-refractivity contribution >= 4 is 38.0 Å². The summed E-state index contributed by atoms with van der Waals surface area (Å²) in [5.41, 5.74) is 1.69. The average Bonchev–Trinajstić information content (AvgIpc) is 2.74. The van der Waals surface area contributed by atoms with E-state index in [9.17, 15) is 8.42 Å². The topological polar surface area (TPSA) is 94.9 Å². The highest BCUT2D eigenvalue weighted by atomic mass is 32.2. The maximum absolute atomic E-state index is 12.8. The van der Waals surface area contributed by atoms with Gasteiger partial charge in [-0.05, 0) is 53.2 Å². The van der Waals surface area contributed by atoms with E-state index in [1.165, 1.54) is 6.20 Å². The lowest BCUT2D eigenvalue weighted by atomic mass is 10.1. The minimum absolute atomic E-state index is 0.189. The first-order valence-corrected chi connectivity index (χ1v) is 10.3. The molecule has 0 spiro atoms.